The Kier molecular flexibility index (Phi) is 7.10. The maximum Gasteiger partial charge on any atom is 0.320 e. The van der Waals surface area contributed by atoms with Crippen LogP contribution in [0.15, 0.2) is 60.7 Å². The molecule has 2 aromatic carbocycles. The Morgan fingerprint density at radius 2 is 1.57 bits per heavy atom. The van der Waals surface area contributed by atoms with Gasteiger partial charge in [-0.3, -0.25) is 0 Å². The van der Waals surface area contributed by atoms with Crippen molar-refractivity contribution in [1.82, 2.24) is 15.1 Å². The van der Waals surface area contributed by atoms with Gasteiger partial charge in [0.05, 0.1) is 6.04 Å². The zero-order valence-corrected chi connectivity index (χ0v) is 17.3. The molecular formula is C24H33N3O. The summed E-state index contributed by atoms with van der Waals surface area (Å²) in [5.41, 5.74) is 2.56. The van der Waals surface area contributed by atoms with E-state index in [4.69, 9.17) is 0 Å². The number of hydrogen-bond donors (Lipinski definition) is 1. The Balaban J connectivity index is 1.56. The molecule has 0 unspecified atom stereocenters. The van der Waals surface area contributed by atoms with E-state index in [9.17, 15) is 4.79 Å². The molecule has 2 atom stereocenters. The quantitative estimate of drug-likeness (QED) is 0.710. The third-order valence-electron chi connectivity index (χ3n) is 5.67. The number of carbonyl (C=O) groups is 1. The molecule has 0 radical (unpaired) electrons. The highest BCUT2D eigenvalue weighted by atomic mass is 16.2. The Morgan fingerprint density at radius 1 is 0.964 bits per heavy atom. The van der Waals surface area contributed by atoms with E-state index in [2.05, 4.69) is 79.5 Å². The van der Waals surface area contributed by atoms with Crippen molar-refractivity contribution >= 4 is 6.03 Å². The van der Waals surface area contributed by atoms with Gasteiger partial charge in [0, 0.05) is 32.2 Å². The lowest BCUT2D eigenvalue weighted by molar-refractivity contribution is 0.173. The van der Waals surface area contributed by atoms with Crippen LogP contribution in [0, 0.1) is 5.92 Å². The van der Waals surface area contributed by atoms with Crippen LogP contribution in [0.3, 0.4) is 0 Å². The fourth-order valence-corrected chi connectivity index (χ4v) is 3.91. The van der Waals surface area contributed by atoms with E-state index in [1.807, 2.05) is 17.0 Å². The van der Waals surface area contributed by atoms with Gasteiger partial charge in [-0.05, 0) is 30.4 Å². The summed E-state index contributed by atoms with van der Waals surface area (Å²) >= 11 is 0. The average Bonchev–Trinajstić information content (AvgIpc) is 3.04. The first-order chi connectivity index (χ1) is 13.6. The third-order valence-corrected chi connectivity index (χ3v) is 5.67. The normalized spacial score (nSPS) is 18.1. The lowest BCUT2D eigenvalue weighted by Gasteiger charge is -2.26. The molecule has 3 rings (SSSR count). The van der Waals surface area contributed by atoms with Gasteiger partial charge >= 0.3 is 6.03 Å². The fourth-order valence-electron chi connectivity index (χ4n) is 3.91. The van der Waals surface area contributed by atoms with E-state index in [1.54, 1.807) is 0 Å². The van der Waals surface area contributed by atoms with Crippen LogP contribution in [0.5, 0.6) is 0 Å². The number of benzene rings is 2. The summed E-state index contributed by atoms with van der Waals surface area (Å²) in [4.78, 5) is 17.3. The summed E-state index contributed by atoms with van der Waals surface area (Å²) in [5.74, 6) is 0.453. The van der Waals surface area contributed by atoms with E-state index in [1.165, 1.54) is 11.1 Å². The summed E-state index contributed by atoms with van der Waals surface area (Å²) in [7, 11) is 0. The van der Waals surface area contributed by atoms with Crippen LogP contribution in [-0.2, 0) is 13.0 Å². The molecule has 1 fully saturated rings. The van der Waals surface area contributed by atoms with Gasteiger partial charge in [-0.25, -0.2) is 4.79 Å². The molecule has 2 aromatic rings. The van der Waals surface area contributed by atoms with Crippen LogP contribution in [-0.4, -0.2) is 47.5 Å². The minimum Gasteiger partial charge on any atom is -0.319 e. The summed E-state index contributed by atoms with van der Waals surface area (Å²) in [6.07, 6.45) is 0.907. The summed E-state index contributed by atoms with van der Waals surface area (Å²) in [5, 5.41) is 3.50. The molecular weight excluding hydrogens is 346 g/mol. The predicted octanol–water partition coefficient (Wildman–Crippen LogP) is 4.17. The highest BCUT2D eigenvalue weighted by Crippen LogP contribution is 2.24. The van der Waals surface area contributed by atoms with Crippen LogP contribution in [0.2, 0.25) is 0 Å². The van der Waals surface area contributed by atoms with E-state index in [0.717, 1.165) is 32.6 Å². The smallest absolute Gasteiger partial charge is 0.319 e. The molecule has 1 aliphatic rings. The first-order valence-corrected chi connectivity index (χ1v) is 10.4. The van der Waals surface area contributed by atoms with Crippen molar-refractivity contribution in [3.63, 3.8) is 0 Å². The van der Waals surface area contributed by atoms with Crippen molar-refractivity contribution in [2.75, 3.05) is 19.6 Å². The molecule has 1 N–H and O–H groups in total. The molecule has 0 aromatic heterocycles. The fraction of sp³-hybridized carbons (Fsp3) is 0.458. The molecule has 2 amide bonds. The van der Waals surface area contributed by atoms with Crippen LogP contribution in [0.4, 0.5) is 4.79 Å². The van der Waals surface area contributed by atoms with Crippen LogP contribution in [0.1, 0.15) is 31.9 Å². The lowest BCUT2D eigenvalue weighted by atomic mass is 10.0. The zero-order chi connectivity index (χ0) is 19.9. The number of nitrogens with zero attached hydrogens (tertiary/aromatic N) is 2. The topological polar surface area (TPSA) is 35.6 Å². The van der Waals surface area contributed by atoms with Crippen LogP contribution < -0.4 is 5.32 Å². The van der Waals surface area contributed by atoms with Gasteiger partial charge < -0.3 is 15.1 Å². The number of hydrogen-bond acceptors (Lipinski definition) is 2. The van der Waals surface area contributed by atoms with Crippen molar-refractivity contribution in [3.05, 3.63) is 71.8 Å². The maximum absolute atomic E-state index is 13.1. The second-order valence-corrected chi connectivity index (χ2v) is 8.14. The zero-order valence-electron chi connectivity index (χ0n) is 17.3. The SMILES string of the molecule is CC(C)[C@H]1CN([C@@H](C)CNCc2ccccc2)C(=O)N1CCc1ccccc1. The van der Waals surface area contributed by atoms with Gasteiger partial charge in [-0.15, -0.1) is 0 Å². The van der Waals surface area contributed by atoms with Crippen molar-refractivity contribution in [3.8, 4) is 0 Å². The number of urea groups is 1. The van der Waals surface area contributed by atoms with E-state index in [0.29, 0.717) is 5.92 Å². The second kappa shape index (κ2) is 9.74. The van der Waals surface area contributed by atoms with Gasteiger partial charge in [0.25, 0.3) is 0 Å². The van der Waals surface area contributed by atoms with Crippen molar-refractivity contribution in [2.45, 2.75) is 45.8 Å². The molecule has 4 nitrogen and oxygen atoms in total. The number of nitrogens with one attached hydrogen (secondary N) is 1. The molecule has 0 saturated carbocycles. The third kappa shape index (κ3) is 5.14. The largest absolute Gasteiger partial charge is 0.320 e. The molecule has 0 bridgehead atoms. The standard InChI is InChI=1S/C24H33N3O/c1-19(2)23-18-27(20(3)16-25-17-22-12-8-5-9-13-22)24(28)26(23)15-14-21-10-6-4-7-11-21/h4-13,19-20,23,25H,14-18H2,1-3H3/t20-,23+/m0/s1. The Morgan fingerprint density at radius 3 is 2.18 bits per heavy atom. The molecule has 0 aliphatic carbocycles. The molecule has 28 heavy (non-hydrogen) atoms. The first kappa shape index (κ1) is 20.4. The summed E-state index contributed by atoms with van der Waals surface area (Å²) < 4.78 is 0. The Bertz CT molecular complexity index is 732. The van der Waals surface area contributed by atoms with E-state index < -0.39 is 0 Å². The average molecular weight is 380 g/mol. The molecule has 1 heterocycles. The number of carbonyl (C=O) groups excluding carboxylic acids is 1. The van der Waals surface area contributed by atoms with Gasteiger partial charge in [0.15, 0.2) is 0 Å². The molecule has 1 aliphatic heterocycles. The Hall–Kier alpha value is -2.33. The monoisotopic (exact) mass is 379 g/mol. The maximum atomic E-state index is 13.1. The molecule has 150 valence electrons. The highest BCUT2D eigenvalue weighted by Gasteiger charge is 2.40. The number of amides is 2. The van der Waals surface area contributed by atoms with Crippen molar-refractivity contribution in [1.29, 1.82) is 0 Å². The first-order valence-electron chi connectivity index (χ1n) is 10.4. The minimum atomic E-state index is 0.180. The van der Waals surface area contributed by atoms with Gasteiger partial charge in [0.2, 0.25) is 0 Å². The predicted molar refractivity (Wildman–Crippen MR) is 115 cm³/mol. The molecule has 0 spiro atoms. The van der Waals surface area contributed by atoms with Crippen molar-refractivity contribution < 1.29 is 4.79 Å². The lowest BCUT2D eigenvalue weighted by Crippen LogP contribution is -2.43. The summed E-state index contributed by atoms with van der Waals surface area (Å²) in [6, 6.07) is 21.5. The molecule has 1 saturated heterocycles. The van der Waals surface area contributed by atoms with Crippen LogP contribution >= 0.6 is 0 Å². The second-order valence-electron chi connectivity index (χ2n) is 8.14. The van der Waals surface area contributed by atoms with Crippen LogP contribution in [0.25, 0.3) is 0 Å². The Labute approximate surface area is 169 Å². The van der Waals surface area contributed by atoms with E-state index in [-0.39, 0.29) is 18.1 Å². The van der Waals surface area contributed by atoms with Gasteiger partial charge in [-0.1, -0.05) is 74.5 Å². The minimum absolute atomic E-state index is 0.180. The van der Waals surface area contributed by atoms with E-state index >= 15 is 0 Å². The summed E-state index contributed by atoms with van der Waals surface area (Å²) in [6.45, 7) is 9.82. The molecule has 4 heteroatoms. The van der Waals surface area contributed by atoms with Gasteiger partial charge in [-0.2, -0.15) is 0 Å². The number of rotatable bonds is 9. The van der Waals surface area contributed by atoms with Crippen molar-refractivity contribution in [2.24, 2.45) is 5.92 Å². The highest BCUT2D eigenvalue weighted by molar-refractivity contribution is 5.77. The van der Waals surface area contributed by atoms with Gasteiger partial charge in [0.1, 0.15) is 0 Å².